The van der Waals surface area contributed by atoms with Crippen LogP contribution in [0.3, 0.4) is 0 Å². The van der Waals surface area contributed by atoms with Crippen LogP contribution in [0.5, 0.6) is 5.75 Å². The normalized spacial score (nSPS) is 15.0. The fourth-order valence-corrected chi connectivity index (χ4v) is 8.32. The summed E-state index contributed by atoms with van der Waals surface area (Å²) < 4.78 is 23.7. The van der Waals surface area contributed by atoms with E-state index in [2.05, 4.69) is 88.2 Å². The van der Waals surface area contributed by atoms with Crippen molar-refractivity contribution < 1.29 is 33.3 Å². The first-order chi connectivity index (χ1) is 30.2. The van der Waals surface area contributed by atoms with Crippen LogP contribution in [-0.2, 0) is 47.9 Å². The second-order valence-corrected chi connectivity index (χ2v) is 17.8. The summed E-state index contributed by atoms with van der Waals surface area (Å²) in [5.41, 5.74) is 20.6. The van der Waals surface area contributed by atoms with Gasteiger partial charge in [0.15, 0.2) is 0 Å². The molecule has 1 saturated carbocycles. The molecule has 4 N–H and O–H groups in total. The Balaban J connectivity index is 1.69. The molecule has 4 rings (SSSR count). The van der Waals surface area contributed by atoms with E-state index in [1.165, 1.54) is 94.4 Å². The van der Waals surface area contributed by atoms with Crippen molar-refractivity contribution in [3.05, 3.63) is 113 Å². The summed E-state index contributed by atoms with van der Waals surface area (Å²) >= 11 is 0. The molecule has 0 atom stereocenters. The average Bonchev–Trinajstić information content (AvgIpc) is 3.29. The molecule has 0 unspecified atom stereocenters. The van der Waals surface area contributed by atoms with Gasteiger partial charge in [0.1, 0.15) is 37.6 Å². The molecule has 1 aliphatic carbocycles. The number of nitrogens with two attached hydrogens (primary N) is 2. The Morgan fingerprint density at radius 2 is 1.11 bits per heavy atom. The number of carbonyl (C=O) groups is 3. The Morgan fingerprint density at radius 3 is 1.57 bits per heavy atom. The lowest BCUT2D eigenvalue weighted by molar-refractivity contribution is -0.159. The fraction of sp³-hybridized carbons (Fsp3) is 0.500. The van der Waals surface area contributed by atoms with E-state index in [4.69, 9.17) is 30.4 Å². The number of rotatable bonds is 26. The zero-order valence-electron chi connectivity index (χ0n) is 38.9. The molecule has 1 aliphatic rings. The highest BCUT2D eigenvalue weighted by Gasteiger charge is 2.38. The first kappa shape index (κ1) is 50.7. The summed E-state index contributed by atoms with van der Waals surface area (Å²) in [4.78, 5) is 38.1. The zero-order chi connectivity index (χ0) is 45.9. The third kappa shape index (κ3) is 15.1. The number of esters is 3. The van der Waals surface area contributed by atoms with Crippen LogP contribution >= 0.6 is 0 Å². The molecule has 0 bridgehead atoms. The lowest BCUT2D eigenvalue weighted by Gasteiger charge is -2.33. The van der Waals surface area contributed by atoms with E-state index in [1.54, 1.807) is 0 Å². The predicted octanol–water partition coefficient (Wildman–Crippen LogP) is 10.9. The quantitative estimate of drug-likeness (QED) is 0.0349. The number of unbranched alkanes of at least 4 members (excludes halogenated alkanes) is 2. The van der Waals surface area contributed by atoms with Gasteiger partial charge in [-0.15, -0.1) is 0 Å². The Bertz CT molecular complexity index is 1920. The lowest BCUT2D eigenvalue weighted by Crippen LogP contribution is -2.44. The van der Waals surface area contributed by atoms with Crippen molar-refractivity contribution in [3.8, 4) is 28.0 Å². The molecule has 9 nitrogen and oxygen atoms in total. The Morgan fingerprint density at radius 1 is 0.619 bits per heavy atom. The minimum absolute atomic E-state index is 0.137. The van der Waals surface area contributed by atoms with E-state index >= 15 is 0 Å². The molecule has 0 amide bonds. The highest BCUT2D eigenvalue weighted by molar-refractivity contribution is 5.88. The molecule has 0 radical (unpaired) electrons. The van der Waals surface area contributed by atoms with Crippen LogP contribution in [0.4, 0.5) is 0 Å². The first-order valence-electron chi connectivity index (χ1n) is 23.1. The summed E-state index contributed by atoms with van der Waals surface area (Å²) in [7, 11) is 0. The molecular formula is C54H74N2O7. The third-order valence-corrected chi connectivity index (χ3v) is 12.2. The van der Waals surface area contributed by atoms with Gasteiger partial charge in [-0.1, -0.05) is 102 Å². The van der Waals surface area contributed by atoms with Gasteiger partial charge in [-0.3, -0.25) is 0 Å². The molecule has 0 saturated heterocycles. The lowest BCUT2D eigenvalue weighted by atomic mass is 9.77. The third-order valence-electron chi connectivity index (χ3n) is 12.2. The highest BCUT2D eigenvalue weighted by Crippen LogP contribution is 2.40. The molecule has 342 valence electrons. The van der Waals surface area contributed by atoms with Crippen molar-refractivity contribution >= 4 is 17.9 Å². The van der Waals surface area contributed by atoms with Crippen LogP contribution in [0.25, 0.3) is 22.3 Å². The van der Waals surface area contributed by atoms with Crippen LogP contribution in [0.15, 0.2) is 91.1 Å². The standard InChI is InChI=1S/C54H74N2O7/c1-9-11-12-15-40-18-20-42(21-19-40)43-22-24-44(25-23-43)45-26-27-49(41(10-2)30-45)48-31-46(16-13-28-55)50(47(32-48)17-14-29-56)60-33-54(34-61-51(57)37(3)4,35-62-52(58)38(5)6)36-63-53(59)39(7)8/h22-27,30-32,40,42H,3,5,7,9-21,28-29,33-36,55-56H2,1-2,4,6,8H3. The second kappa shape index (κ2) is 25.3. The summed E-state index contributed by atoms with van der Waals surface area (Å²) in [6.45, 7) is 20.1. The van der Waals surface area contributed by atoms with Gasteiger partial charge in [-0.25, -0.2) is 14.4 Å². The van der Waals surface area contributed by atoms with Crippen LogP contribution in [0, 0.1) is 11.3 Å². The summed E-state index contributed by atoms with van der Waals surface area (Å²) in [6.07, 6.45) is 14.2. The van der Waals surface area contributed by atoms with Crippen LogP contribution in [-0.4, -0.2) is 57.4 Å². The number of aryl methyl sites for hydroxylation is 3. The first-order valence-corrected chi connectivity index (χ1v) is 23.1. The largest absolute Gasteiger partial charge is 0.492 e. The van der Waals surface area contributed by atoms with E-state index in [0.717, 1.165) is 34.6 Å². The number of ether oxygens (including phenoxy) is 4. The smallest absolute Gasteiger partial charge is 0.333 e. The van der Waals surface area contributed by atoms with Crippen molar-refractivity contribution in [1.82, 2.24) is 0 Å². The van der Waals surface area contributed by atoms with Crippen molar-refractivity contribution in [2.75, 3.05) is 39.5 Å². The maximum Gasteiger partial charge on any atom is 0.333 e. The second-order valence-electron chi connectivity index (χ2n) is 17.8. The highest BCUT2D eigenvalue weighted by atomic mass is 16.6. The molecule has 0 aromatic heterocycles. The maximum absolute atomic E-state index is 12.7. The van der Waals surface area contributed by atoms with Crippen LogP contribution in [0.2, 0.25) is 0 Å². The number of hydrogen-bond donors (Lipinski definition) is 2. The van der Waals surface area contributed by atoms with Crippen LogP contribution in [0.1, 0.15) is 127 Å². The van der Waals surface area contributed by atoms with Gasteiger partial charge >= 0.3 is 17.9 Å². The van der Waals surface area contributed by atoms with Gasteiger partial charge in [0.25, 0.3) is 0 Å². The number of hydrogen-bond acceptors (Lipinski definition) is 9. The average molecular weight is 863 g/mol. The van der Waals surface area contributed by atoms with E-state index in [9.17, 15) is 14.4 Å². The molecule has 63 heavy (non-hydrogen) atoms. The number of benzene rings is 3. The van der Waals surface area contributed by atoms with Gasteiger partial charge in [0, 0.05) is 16.7 Å². The molecule has 0 spiro atoms. The molecular weight excluding hydrogens is 789 g/mol. The van der Waals surface area contributed by atoms with Gasteiger partial charge in [-0.2, -0.15) is 0 Å². The van der Waals surface area contributed by atoms with E-state index in [-0.39, 0.29) is 43.1 Å². The molecule has 0 aliphatic heterocycles. The van der Waals surface area contributed by atoms with Crippen LogP contribution < -0.4 is 16.2 Å². The van der Waals surface area contributed by atoms with Gasteiger partial charge in [-0.05, 0) is 160 Å². The Hall–Kier alpha value is -4.99. The Kier molecular flexibility index (Phi) is 20.4. The van der Waals surface area contributed by atoms with Gasteiger partial charge < -0.3 is 30.4 Å². The van der Waals surface area contributed by atoms with Crippen molar-refractivity contribution in [2.24, 2.45) is 22.8 Å². The van der Waals surface area contributed by atoms with E-state index < -0.39 is 23.3 Å². The Labute approximate surface area is 377 Å². The SMILES string of the molecule is C=C(C)C(=O)OCC(COC(=O)C(=C)C)(COC(=O)C(=C)C)COc1c(CCCN)cc(-c2ccc(-c3ccc(C4CCC(CCCCC)CC4)cc3)cc2CC)cc1CCCN. The summed E-state index contributed by atoms with van der Waals surface area (Å²) in [5, 5.41) is 0. The monoisotopic (exact) mass is 863 g/mol. The van der Waals surface area contributed by atoms with E-state index in [0.29, 0.717) is 50.4 Å². The van der Waals surface area contributed by atoms with E-state index in [1.807, 2.05) is 0 Å². The van der Waals surface area contributed by atoms with Crippen molar-refractivity contribution in [1.29, 1.82) is 0 Å². The minimum atomic E-state index is -1.31. The van der Waals surface area contributed by atoms with Gasteiger partial charge in [0.2, 0.25) is 0 Å². The van der Waals surface area contributed by atoms with Crippen molar-refractivity contribution in [2.45, 2.75) is 124 Å². The summed E-state index contributed by atoms with van der Waals surface area (Å²) in [6, 6.07) is 20.4. The molecule has 9 heteroatoms. The number of carbonyl (C=O) groups excluding carboxylic acids is 3. The predicted molar refractivity (Wildman–Crippen MR) is 256 cm³/mol. The maximum atomic E-state index is 12.7. The molecule has 3 aromatic rings. The summed E-state index contributed by atoms with van der Waals surface area (Å²) in [5.74, 6) is 0.261. The fourth-order valence-electron chi connectivity index (χ4n) is 8.32. The zero-order valence-corrected chi connectivity index (χ0v) is 38.9. The van der Waals surface area contributed by atoms with Crippen molar-refractivity contribution in [3.63, 3.8) is 0 Å². The van der Waals surface area contributed by atoms with Gasteiger partial charge in [0.05, 0.1) is 0 Å². The molecule has 0 heterocycles. The molecule has 3 aromatic carbocycles. The molecule has 1 fully saturated rings. The topological polar surface area (TPSA) is 140 Å². The minimum Gasteiger partial charge on any atom is -0.492 e.